The van der Waals surface area contributed by atoms with E-state index in [0.29, 0.717) is 47.2 Å². The third kappa shape index (κ3) is 5.70. The molecule has 3 heterocycles. The number of methoxy groups -OCH3 is 1. The van der Waals surface area contributed by atoms with Gasteiger partial charge in [0.2, 0.25) is 5.91 Å². The maximum atomic E-state index is 13.4. The molecule has 2 aromatic rings. The minimum absolute atomic E-state index is 0.0396. The Hall–Kier alpha value is -1.98. The molecule has 0 saturated heterocycles. The van der Waals surface area contributed by atoms with E-state index in [9.17, 15) is 13.2 Å². The van der Waals surface area contributed by atoms with Gasteiger partial charge in [0.1, 0.15) is 18.0 Å². The van der Waals surface area contributed by atoms with Crippen molar-refractivity contribution < 1.29 is 27.4 Å². The molecule has 1 saturated carbocycles. The molecule has 0 unspecified atom stereocenters. The highest BCUT2D eigenvalue weighted by molar-refractivity contribution is 7.99. The number of nitrogens with one attached hydrogen (secondary N) is 1. The SMILES string of the molecule is CO[C@H]1CCSC[C@@H](C)C(=O)NS(=O)(=O)c2ccc3c(c2)N(C[C@@H]2CC[C@H]21)C[C@]1(CO3)OCCc2cc(Cl)ccc21. The first-order valence-electron chi connectivity index (χ1n) is 14.3. The van der Waals surface area contributed by atoms with Gasteiger partial charge in [0, 0.05) is 30.3 Å². The number of ether oxygens (including phenoxy) is 3. The zero-order chi connectivity index (χ0) is 28.8. The first kappa shape index (κ1) is 29.1. The summed E-state index contributed by atoms with van der Waals surface area (Å²) < 4.78 is 48.0. The molecule has 3 aliphatic heterocycles. The Labute approximate surface area is 251 Å². The zero-order valence-corrected chi connectivity index (χ0v) is 25.8. The lowest BCUT2D eigenvalue weighted by molar-refractivity contribution is -0.122. The second-order valence-electron chi connectivity index (χ2n) is 11.7. The molecule has 5 atom stereocenters. The van der Waals surface area contributed by atoms with E-state index < -0.39 is 27.4 Å². The predicted molar refractivity (Wildman–Crippen MR) is 160 cm³/mol. The van der Waals surface area contributed by atoms with Crippen LogP contribution in [0.25, 0.3) is 0 Å². The molecule has 0 radical (unpaired) electrons. The molecule has 1 aliphatic carbocycles. The van der Waals surface area contributed by atoms with Crippen LogP contribution in [0.4, 0.5) is 5.69 Å². The molecule has 1 N–H and O–H groups in total. The lowest BCUT2D eigenvalue weighted by Crippen LogP contribution is -2.51. The predicted octanol–water partition coefficient (Wildman–Crippen LogP) is 4.63. The number of nitrogens with zero attached hydrogens (tertiary/aromatic N) is 1. The van der Waals surface area contributed by atoms with E-state index >= 15 is 0 Å². The van der Waals surface area contributed by atoms with Crippen molar-refractivity contribution in [1.82, 2.24) is 4.72 Å². The summed E-state index contributed by atoms with van der Waals surface area (Å²) in [5.41, 5.74) is 2.15. The number of benzene rings is 2. The van der Waals surface area contributed by atoms with Crippen molar-refractivity contribution in [3.63, 3.8) is 0 Å². The Morgan fingerprint density at radius 2 is 2.02 bits per heavy atom. The first-order valence-corrected chi connectivity index (χ1v) is 17.3. The fourth-order valence-electron chi connectivity index (χ4n) is 6.66. The Bertz CT molecular complexity index is 1420. The smallest absolute Gasteiger partial charge is 0.264 e. The van der Waals surface area contributed by atoms with Gasteiger partial charge in [0.05, 0.1) is 29.8 Å². The number of rotatable bonds is 1. The molecule has 6 rings (SSSR count). The van der Waals surface area contributed by atoms with Crippen LogP contribution in [0.5, 0.6) is 5.75 Å². The van der Waals surface area contributed by atoms with Crippen LogP contribution in [-0.2, 0) is 36.3 Å². The fraction of sp³-hybridized carbons (Fsp3) is 0.567. The number of hydrogen-bond donors (Lipinski definition) is 1. The van der Waals surface area contributed by atoms with E-state index in [1.54, 1.807) is 37.9 Å². The Morgan fingerprint density at radius 3 is 2.80 bits per heavy atom. The van der Waals surface area contributed by atoms with Gasteiger partial charge in [0.15, 0.2) is 0 Å². The summed E-state index contributed by atoms with van der Waals surface area (Å²) in [4.78, 5) is 15.1. The number of thioether (sulfide) groups is 1. The quantitative estimate of drug-likeness (QED) is 0.494. The van der Waals surface area contributed by atoms with Crippen molar-refractivity contribution in [2.45, 2.75) is 49.2 Å². The zero-order valence-electron chi connectivity index (χ0n) is 23.4. The molecule has 222 valence electrons. The first-order chi connectivity index (χ1) is 19.7. The van der Waals surface area contributed by atoms with Crippen molar-refractivity contribution in [2.75, 3.05) is 49.8 Å². The lowest BCUT2D eigenvalue weighted by atomic mass is 9.69. The monoisotopic (exact) mass is 620 g/mol. The molecular formula is C30H37ClN2O6S2. The van der Waals surface area contributed by atoms with Gasteiger partial charge in [0.25, 0.3) is 10.0 Å². The Morgan fingerprint density at radius 1 is 1.17 bits per heavy atom. The van der Waals surface area contributed by atoms with Gasteiger partial charge in [-0.1, -0.05) is 24.6 Å². The van der Waals surface area contributed by atoms with Crippen molar-refractivity contribution in [3.8, 4) is 5.75 Å². The summed E-state index contributed by atoms with van der Waals surface area (Å²) in [5.74, 6) is 1.84. The maximum Gasteiger partial charge on any atom is 0.264 e. The number of anilines is 1. The number of sulfonamides is 1. The maximum absolute atomic E-state index is 13.4. The lowest BCUT2D eigenvalue weighted by Gasteiger charge is -2.46. The average Bonchev–Trinajstić information content (AvgIpc) is 3.08. The second-order valence-corrected chi connectivity index (χ2v) is 15.0. The number of amides is 1. The van der Waals surface area contributed by atoms with Crippen molar-refractivity contribution >= 4 is 45.0 Å². The molecule has 4 aliphatic rings. The van der Waals surface area contributed by atoms with Gasteiger partial charge in [-0.3, -0.25) is 4.79 Å². The largest absolute Gasteiger partial charge is 0.488 e. The average molecular weight is 621 g/mol. The van der Waals surface area contributed by atoms with Crippen LogP contribution in [0.2, 0.25) is 5.02 Å². The molecule has 41 heavy (non-hydrogen) atoms. The second kappa shape index (κ2) is 11.6. The van der Waals surface area contributed by atoms with E-state index in [2.05, 4.69) is 9.62 Å². The fourth-order valence-corrected chi connectivity index (χ4v) is 9.02. The Balaban J connectivity index is 1.42. The van der Waals surface area contributed by atoms with Crippen molar-refractivity contribution in [2.24, 2.45) is 17.8 Å². The van der Waals surface area contributed by atoms with E-state index in [1.807, 2.05) is 18.2 Å². The van der Waals surface area contributed by atoms with Gasteiger partial charge < -0.3 is 19.1 Å². The van der Waals surface area contributed by atoms with E-state index in [-0.39, 0.29) is 17.6 Å². The third-order valence-corrected chi connectivity index (χ3v) is 11.9. The third-order valence-electron chi connectivity index (χ3n) is 9.10. The number of carbonyl (C=O) groups is 1. The Kier molecular flexibility index (Phi) is 8.24. The van der Waals surface area contributed by atoms with Crippen LogP contribution in [0.15, 0.2) is 41.3 Å². The van der Waals surface area contributed by atoms with E-state index in [0.717, 1.165) is 49.1 Å². The molecule has 1 amide bonds. The number of fused-ring (bicyclic) bond motifs is 4. The van der Waals surface area contributed by atoms with Crippen molar-refractivity contribution in [1.29, 1.82) is 0 Å². The highest BCUT2D eigenvalue weighted by Gasteiger charge is 2.45. The molecule has 2 aromatic carbocycles. The molecule has 1 fully saturated rings. The van der Waals surface area contributed by atoms with Gasteiger partial charge in [-0.25, -0.2) is 13.1 Å². The van der Waals surface area contributed by atoms with Crippen LogP contribution in [-0.4, -0.2) is 65.3 Å². The molecular weight excluding hydrogens is 584 g/mol. The van der Waals surface area contributed by atoms with Gasteiger partial charge in [-0.2, -0.15) is 11.8 Å². The standard InChI is InChI=1S/C30H37ClN2O6S2/c1-19-16-40-12-10-27(37-2)24-6-3-21(24)15-33-17-30(25-7-4-22(31)13-20(25)9-11-39-30)18-38-28-8-5-23(14-26(28)33)41(35,36)32-29(19)34/h4-5,7-8,13-14,19,21,24,27H,3,6,9-12,15-18H2,1-2H3,(H,32,34)/t19-,21+,24-,27+,30-/m1/s1. The van der Waals surface area contributed by atoms with Crippen LogP contribution in [0, 0.1) is 17.8 Å². The molecule has 8 nitrogen and oxygen atoms in total. The van der Waals surface area contributed by atoms with E-state index in [1.165, 1.54) is 6.07 Å². The molecule has 11 heteroatoms. The summed E-state index contributed by atoms with van der Waals surface area (Å²) >= 11 is 8.02. The molecule has 0 aromatic heterocycles. The minimum atomic E-state index is -4.07. The number of hydrogen-bond acceptors (Lipinski definition) is 8. The highest BCUT2D eigenvalue weighted by Crippen LogP contribution is 2.46. The summed E-state index contributed by atoms with van der Waals surface area (Å²) in [6, 6.07) is 10.8. The summed E-state index contributed by atoms with van der Waals surface area (Å²) in [5, 5.41) is 0.691. The van der Waals surface area contributed by atoms with Crippen LogP contribution >= 0.6 is 23.4 Å². The highest BCUT2D eigenvalue weighted by atomic mass is 35.5. The number of halogens is 1. The summed E-state index contributed by atoms with van der Waals surface area (Å²) in [6.07, 6.45) is 3.97. The van der Waals surface area contributed by atoms with Crippen molar-refractivity contribution in [3.05, 3.63) is 52.5 Å². The molecule has 2 bridgehead atoms. The summed E-state index contributed by atoms with van der Waals surface area (Å²) in [7, 11) is -2.28. The van der Waals surface area contributed by atoms with Crippen LogP contribution < -0.4 is 14.4 Å². The normalized spacial score (nSPS) is 31.6. The van der Waals surface area contributed by atoms with Crippen LogP contribution in [0.3, 0.4) is 0 Å². The van der Waals surface area contributed by atoms with Crippen LogP contribution in [0.1, 0.15) is 37.3 Å². The minimum Gasteiger partial charge on any atom is -0.488 e. The van der Waals surface area contributed by atoms with Gasteiger partial charge in [-0.15, -0.1) is 0 Å². The number of carbonyl (C=O) groups excluding carboxylic acids is 1. The van der Waals surface area contributed by atoms with E-state index in [4.69, 9.17) is 25.8 Å². The topological polar surface area (TPSA) is 94.2 Å². The molecule has 1 spiro atoms. The van der Waals surface area contributed by atoms with Gasteiger partial charge >= 0.3 is 0 Å². The summed E-state index contributed by atoms with van der Waals surface area (Å²) in [6.45, 7) is 3.81. The van der Waals surface area contributed by atoms with Gasteiger partial charge in [-0.05, 0) is 84.7 Å².